The molecular weight excluding hydrogens is 268 g/mol. The molecule has 0 heterocycles. The summed E-state index contributed by atoms with van der Waals surface area (Å²) in [6.07, 6.45) is 0.0630. The van der Waals surface area contributed by atoms with E-state index in [1.54, 1.807) is 24.3 Å². The lowest BCUT2D eigenvalue weighted by Crippen LogP contribution is -2.32. The third-order valence-corrected chi connectivity index (χ3v) is 3.37. The maximum Gasteiger partial charge on any atom is 0.152 e. The van der Waals surface area contributed by atoms with Gasteiger partial charge in [0.05, 0.1) is 5.02 Å². The summed E-state index contributed by atoms with van der Waals surface area (Å²) in [5.74, 6) is -0.512. The first-order valence-electron chi connectivity index (χ1n) is 5.93. The molecule has 2 rings (SSSR count). The van der Waals surface area contributed by atoms with Gasteiger partial charge in [0.15, 0.2) is 5.67 Å². The predicted octanol–water partition coefficient (Wildman–Crippen LogP) is 3.85. The Bertz CT molecular complexity index is 559. The minimum atomic E-state index is -1.68. The van der Waals surface area contributed by atoms with E-state index in [0.717, 1.165) is 0 Å². The van der Waals surface area contributed by atoms with Gasteiger partial charge in [0, 0.05) is 13.0 Å². The van der Waals surface area contributed by atoms with Crippen molar-refractivity contribution in [1.29, 1.82) is 0 Å². The van der Waals surface area contributed by atoms with Gasteiger partial charge in [0.25, 0.3) is 0 Å². The molecule has 2 N–H and O–H groups in total. The molecule has 1 unspecified atom stereocenters. The second-order valence-electron chi connectivity index (χ2n) is 4.46. The summed E-state index contributed by atoms with van der Waals surface area (Å²) < 4.78 is 28.0. The normalized spacial score (nSPS) is 14.1. The molecule has 0 aliphatic carbocycles. The molecule has 1 nitrogen and oxygen atoms in total. The molecule has 19 heavy (non-hydrogen) atoms. The first-order chi connectivity index (χ1) is 9.05. The molecule has 0 saturated carbocycles. The molecule has 0 aromatic heterocycles. The van der Waals surface area contributed by atoms with Crippen LogP contribution in [0.25, 0.3) is 0 Å². The quantitative estimate of drug-likeness (QED) is 0.905. The van der Waals surface area contributed by atoms with E-state index in [2.05, 4.69) is 0 Å². The van der Waals surface area contributed by atoms with Crippen LogP contribution in [0.5, 0.6) is 0 Å². The summed E-state index contributed by atoms with van der Waals surface area (Å²) >= 11 is 5.70. The minimum Gasteiger partial charge on any atom is -0.327 e. The van der Waals surface area contributed by atoms with Crippen LogP contribution in [0, 0.1) is 5.82 Å². The first-order valence-corrected chi connectivity index (χ1v) is 6.31. The minimum absolute atomic E-state index is 0.00932. The maximum absolute atomic E-state index is 14.9. The number of hydrogen-bond donors (Lipinski definition) is 1. The zero-order valence-electron chi connectivity index (χ0n) is 10.2. The molecule has 2 aromatic carbocycles. The van der Waals surface area contributed by atoms with Crippen molar-refractivity contribution in [3.8, 4) is 0 Å². The van der Waals surface area contributed by atoms with E-state index in [9.17, 15) is 8.78 Å². The van der Waals surface area contributed by atoms with Crippen LogP contribution in [-0.4, -0.2) is 6.54 Å². The Morgan fingerprint density at radius 1 is 1.11 bits per heavy atom. The van der Waals surface area contributed by atoms with Gasteiger partial charge in [-0.2, -0.15) is 0 Å². The zero-order valence-corrected chi connectivity index (χ0v) is 11.0. The van der Waals surface area contributed by atoms with Crippen molar-refractivity contribution in [2.24, 2.45) is 5.73 Å². The predicted molar refractivity (Wildman–Crippen MR) is 73.4 cm³/mol. The molecule has 0 saturated heterocycles. The van der Waals surface area contributed by atoms with Crippen LogP contribution in [0.15, 0.2) is 48.5 Å². The summed E-state index contributed by atoms with van der Waals surface area (Å²) in [4.78, 5) is 0. The number of rotatable bonds is 4. The largest absolute Gasteiger partial charge is 0.327 e. The molecule has 100 valence electrons. The van der Waals surface area contributed by atoms with Crippen molar-refractivity contribution in [2.45, 2.75) is 12.1 Å². The van der Waals surface area contributed by atoms with Crippen molar-refractivity contribution in [2.75, 3.05) is 6.54 Å². The summed E-state index contributed by atoms with van der Waals surface area (Å²) in [5.41, 5.74) is 5.02. The molecule has 0 bridgehead atoms. The number of hydrogen-bond acceptors (Lipinski definition) is 1. The standard InChI is InChI=1S/C15H14ClF2N/c16-13-8-11(6-7-14(13)17)9-15(18,10-19)12-4-2-1-3-5-12/h1-8H,9-10,19H2. The summed E-state index contributed by atoms with van der Waals surface area (Å²) in [5, 5.41) is -0.00932. The Hall–Kier alpha value is -1.45. The van der Waals surface area contributed by atoms with E-state index >= 15 is 0 Å². The van der Waals surface area contributed by atoms with Crippen LogP contribution in [0.3, 0.4) is 0 Å². The lowest BCUT2D eigenvalue weighted by molar-refractivity contribution is 0.175. The average Bonchev–Trinajstić information content (AvgIpc) is 2.44. The Kier molecular flexibility index (Phi) is 4.17. The Morgan fingerprint density at radius 3 is 2.37 bits per heavy atom. The Labute approximate surface area is 116 Å². The fourth-order valence-corrected chi connectivity index (χ4v) is 2.21. The summed E-state index contributed by atoms with van der Waals surface area (Å²) in [6, 6.07) is 12.9. The SMILES string of the molecule is NCC(F)(Cc1ccc(F)c(Cl)c1)c1ccccc1. The average molecular weight is 282 g/mol. The molecule has 1 atom stereocenters. The molecule has 0 spiro atoms. The van der Waals surface area contributed by atoms with Gasteiger partial charge in [-0.1, -0.05) is 48.0 Å². The van der Waals surface area contributed by atoms with Crippen LogP contribution in [-0.2, 0) is 12.1 Å². The molecule has 0 fully saturated rings. The van der Waals surface area contributed by atoms with Crippen LogP contribution in [0.2, 0.25) is 5.02 Å². The van der Waals surface area contributed by atoms with E-state index in [-0.39, 0.29) is 18.0 Å². The van der Waals surface area contributed by atoms with E-state index < -0.39 is 11.5 Å². The molecule has 0 radical (unpaired) electrons. The highest BCUT2D eigenvalue weighted by molar-refractivity contribution is 6.30. The highest BCUT2D eigenvalue weighted by Crippen LogP contribution is 2.30. The maximum atomic E-state index is 14.9. The molecular formula is C15H14ClF2N. The Balaban J connectivity index is 2.30. The van der Waals surface area contributed by atoms with Crippen LogP contribution in [0.1, 0.15) is 11.1 Å². The third kappa shape index (κ3) is 3.11. The van der Waals surface area contributed by atoms with Gasteiger partial charge >= 0.3 is 0 Å². The smallest absolute Gasteiger partial charge is 0.152 e. The van der Waals surface area contributed by atoms with Gasteiger partial charge in [0.1, 0.15) is 5.82 Å². The highest BCUT2D eigenvalue weighted by Gasteiger charge is 2.30. The van der Waals surface area contributed by atoms with Crippen molar-refractivity contribution in [1.82, 2.24) is 0 Å². The van der Waals surface area contributed by atoms with Crippen molar-refractivity contribution < 1.29 is 8.78 Å². The molecule has 0 aliphatic heterocycles. The number of benzene rings is 2. The van der Waals surface area contributed by atoms with Crippen molar-refractivity contribution >= 4 is 11.6 Å². The zero-order chi connectivity index (χ0) is 13.9. The van der Waals surface area contributed by atoms with Gasteiger partial charge in [-0.05, 0) is 23.3 Å². The fourth-order valence-electron chi connectivity index (χ4n) is 2.00. The Morgan fingerprint density at radius 2 is 1.79 bits per heavy atom. The van der Waals surface area contributed by atoms with Crippen molar-refractivity contribution in [3.63, 3.8) is 0 Å². The number of nitrogens with two attached hydrogens (primary N) is 1. The molecule has 2 aromatic rings. The second kappa shape index (κ2) is 5.68. The number of alkyl halides is 1. The topological polar surface area (TPSA) is 26.0 Å². The van der Waals surface area contributed by atoms with Gasteiger partial charge in [-0.3, -0.25) is 0 Å². The molecule has 4 heteroatoms. The van der Waals surface area contributed by atoms with Crippen LogP contribution < -0.4 is 5.73 Å². The lowest BCUT2D eigenvalue weighted by Gasteiger charge is -2.24. The van der Waals surface area contributed by atoms with Gasteiger partial charge in [-0.25, -0.2) is 8.78 Å². The monoisotopic (exact) mass is 281 g/mol. The van der Waals surface area contributed by atoms with Crippen LogP contribution >= 0.6 is 11.6 Å². The third-order valence-electron chi connectivity index (χ3n) is 3.08. The molecule has 0 aliphatic rings. The van der Waals surface area contributed by atoms with E-state index in [4.69, 9.17) is 17.3 Å². The van der Waals surface area contributed by atoms with E-state index in [1.165, 1.54) is 18.2 Å². The highest BCUT2D eigenvalue weighted by atomic mass is 35.5. The summed E-state index contributed by atoms with van der Waals surface area (Å²) in [6.45, 7) is -0.147. The van der Waals surface area contributed by atoms with E-state index in [1.807, 2.05) is 6.07 Å². The molecule has 0 amide bonds. The van der Waals surface area contributed by atoms with Gasteiger partial charge in [0.2, 0.25) is 0 Å². The van der Waals surface area contributed by atoms with Crippen molar-refractivity contribution in [3.05, 3.63) is 70.5 Å². The first kappa shape index (κ1) is 14.0. The lowest BCUT2D eigenvalue weighted by atomic mass is 9.89. The van der Waals surface area contributed by atoms with Crippen LogP contribution in [0.4, 0.5) is 8.78 Å². The van der Waals surface area contributed by atoms with Gasteiger partial charge < -0.3 is 5.73 Å². The van der Waals surface area contributed by atoms with Gasteiger partial charge in [-0.15, -0.1) is 0 Å². The summed E-state index contributed by atoms with van der Waals surface area (Å²) in [7, 11) is 0. The fraction of sp³-hybridized carbons (Fsp3) is 0.200. The second-order valence-corrected chi connectivity index (χ2v) is 4.87. The van der Waals surface area contributed by atoms with E-state index in [0.29, 0.717) is 11.1 Å². The number of halogens is 3.